The van der Waals surface area contributed by atoms with E-state index < -0.39 is 5.54 Å². The van der Waals surface area contributed by atoms with Crippen molar-refractivity contribution in [2.45, 2.75) is 39.3 Å². The average Bonchev–Trinajstić information content (AvgIpc) is 2.56. The summed E-state index contributed by atoms with van der Waals surface area (Å²) in [6.45, 7) is 5.98. The highest BCUT2D eigenvalue weighted by molar-refractivity contribution is 14.1. The first-order chi connectivity index (χ1) is 11.8. The van der Waals surface area contributed by atoms with E-state index in [1.54, 1.807) is 0 Å². The normalized spacial score (nSPS) is 10.9. The van der Waals surface area contributed by atoms with E-state index in [2.05, 4.69) is 39.5 Å². The molecule has 1 aromatic carbocycles. The molecule has 0 N–H and O–H groups in total. The van der Waals surface area contributed by atoms with Crippen molar-refractivity contribution in [1.82, 2.24) is 9.78 Å². The van der Waals surface area contributed by atoms with Crippen LogP contribution in [0.1, 0.15) is 38.3 Å². The molecule has 132 valence electrons. The summed E-state index contributed by atoms with van der Waals surface area (Å²) in [6, 6.07) is 7.81. The van der Waals surface area contributed by atoms with E-state index in [4.69, 9.17) is 16.3 Å². The molecule has 25 heavy (non-hydrogen) atoms. The number of alkyl halides is 1. The Morgan fingerprint density at radius 2 is 1.96 bits per heavy atom. The highest BCUT2D eigenvalue weighted by atomic mass is 127. The Morgan fingerprint density at radius 3 is 2.56 bits per heavy atom. The predicted molar refractivity (Wildman–Crippen MR) is 110 cm³/mol. The zero-order chi connectivity index (χ0) is 18.4. The molecule has 0 saturated carbocycles. The lowest BCUT2D eigenvalue weighted by molar-refractivity contribution is 0.292. The zero-order valence-electron chi connectivity index (χ0n) is 14.5. The monoisotopic (exact) mass is 470 g/mol. The topological polar surface area (TPSA) is 44.1 Å². The maximum atomic E-state index is 12.3. The van der Waals surface area contributed by atoms with Crippen LogP contribution in [0, 0.1) is 11.8 Å². The largest absolute Gasteiger partial charge is 0.485 e. The molecule has 0 amide bonds. The van der Waals surface area contributed by atoms with Gasteiger partial charge in [-0.25, -0.2) is 4.68 Å². The van der Waals surface area contributed by atoms with E-state index in [1.807, 2.05) is 45.0 Å². The van der Waals surface area contributed by atoms with Crippen molar-refractivity contribution in [3.8, 4) is 17.6 Å². The molecule has 2 aromatic rings. The fourth-order valence-corrected chi connectivity index (χ4v) is 2.51. The minimum absolute atomic E-state index is 0.0474. The Labute approximate surface area is 166 Å². The Morgan fingerprint density at radius 1 is 1.28 bits per heavy atom. The number of aromatic nitrogens is 2. The average molecular weight is 471 g/mol. The fraction of sp³-hybridized carbons (Fsp3) is 0.368. The van der Waals surface area contributed by atoms with Gasteiger partial charge in [-0.2, -0.15) is 5.10 Å². The van der Waals surface area contributed by atoms with Gasteiger partial charge < -0.3 is 4.74 Å². The first-order valence-electron chi connectivity index (χ1n) is 7.88. The Kier molecular flexibility index (Phi) is 6.91. The van der Waals surface area contributed by atoms with Crippen LogP contribution in [0.3, 0.4) is 0 Å². The van der Waals surface area contributed by atoms with Crippen LogP contribution in [0.4, 0.5) is 0 Å². The number of ether oxygens (including phenoxy) is 1. The summed E-state index contributed by atoms with van der Waals surface area (Å²) in [4.78, 5) is 12.3. The van der Waals surface area contributed by atoms with Gasteiger partial charge in [0.2, 0.25) is 0 Å². The number of hydrogen-bond acceptors (Lipinski definition) is 3. The van der Waals surface area contributed by atoms with Crippen LogP contribution in [0.25, 0.3) is 0 Å². The number of benzene rings is 1. The molecule has 0 atom stereocenters. The molecular formula is C19H20ClIN2O2. The molecule has 0 radical (unpaired) electrons. The number of halogens is 2. The van der Waals surface area contributed by atoms with Gasteiger partial charge in [0.25, 0.3) is 5.56 Å². The van der Waals surface area contributed by atoms with Crippen LogP contribution in [-0.4, -0.2) is 14.2 Å². The van der Waals surface area contributed by atoms with Crippen LogP contribution in [0.2, 0.25) is 5.02 Å². The second-order valence-corrected chi connectivity index (χ2v) is 7.89. The second kappa shape index (κ2) is 8.72. The first kappa shape index (κ1) is 19.8. The van der Waals surface area contributed by atoms with E-state index >= 15 is 0 Å². The maximum Gasteiger partial charge on any atom is 0.289 e. The molecule has 0 aliphatic carbocycles. The van der Waals surface area contributed by atoms with Gasteiger partial charge in [0, 0.05) is 16.4 Å². The summed E-state index contributed by atoms with van der Waals surface area (Å²) >= 11 is 8.45. The molecule has 2 rings (SSSR count). The third kappa shape index (κ3) is 5.48. The first-order valence-corrected chi connectivity index (χ1v) is 9.78. The lowest BCUT2D eigenvalue weighted by atomic mass is 10.1. The SMILES string of the molecule is CC(C)(C)n1ncc(OCc2ccc(C#CCCI)cc2)c(Cl)c1=O. The zero-order valence-corrected chi connectivity index (χ0v) is 17.4. The van der Waals surface area contributed by atoms with Gasteiger partial charge in [0.1, 0.15) is 6.61 Å². The Balaban J connectivity index is 2.08. The highest BCUT2D eigenvalue weighted by Crippen LogP contribution is 2.21. The maximum absolute atomic E-state index is 12.3. The number of rotatable bonds is 4. The molecule has 0 aliphatic rings. The lowest BCUT2D eigenvalue weighted by Crippen LogP contribution is -2.36. The van der Waals surface area contributed by atoms with Crippen molar-refractivity contribution in [2.75, 3.05) is 4.43 Å². The van der Waals surface area contributed by atoms with E-state index in [9.17, 15) is 4.79 Å². The fourth-order valence-electron chi connectivity index (χ4n) is 2.05. The van der Waals surface area contributed by atoms with Crippen LogP contribution in [0.15, 0.2) is 35.3 Å². The van der Waals surface area contributed by atoms with Gasteiger partial charge >= 0.3 is 0 Å². The summed E-state index contributed by atoms with van der Waals surface area (Å²) in [5, 5.41) is 4.20. The van der Waals surface area contributed by atoms with E-state index in [0.717, 1.165) is 22.0 Å². The van der Waals surface area contributed by atoms with Gasteiger partial charge in [-0.15, -0.1) is 0 Å². The van der Waals surface area contributed by atoms with Crippen LogP contribution < -0.4 is 10.3 Å². The van der Waals surface area contributed by atoms with Gasteiger partial charge in [0.15, 0.2) is 10.8 Å². The summed E-state index contributed by atoms with van der Waals surface area (Å²) < 4.78 is 8.04. The van der Waals surface area contributed by atoms with Gasteiger partial charge in [0.05, 0.1) is 11.7 Å². The van der Waals surface area contributed by atoms with Crippen LogP contribution in [-0.2, 0) is 12.1 Å². The smallest absolute Gasteiger partial charge is 0.289 e. The van der Waals surface area contributed by atoms with E-state index in [1.165, 1.54) is 10.9 Å². The quantitative estimate of drug-likeness (QED) is 0.378. The van der Waals surface area contributed by atoms with Crippen molar-refractivity contribution < 1.29 is 4.74 Å². The Bertz CT molecular complexity index is 843. The van der Waals surface area contributed by atoms with Crippen molar-refractivity contribution in [3.05, 3.63) is 57.0 Å². The minimum Gasteiger partial charge on any atom is -0.485 e. The molecule has 0 saturated heterocycles. The van der Waals surface area contributed by atoms with Gasteiger partial charge in [-0.05, 0) is 38.5 Å². The Hall–Kier alpha value is -1.52. The molecule has 6 heteroatoms. The van der Waals surface area contributed by atoms with E-state index in [-0.39, 0.29) is 16.3 Å². The molecule has 0 fully saturated rings. The number of nitrogens with zero attached hydrogens (tertiary/aromatic N) is 2. The van der Waals surface area contributed by atoms with Crippen LogP contribution >= 0.6 is 34.2 Å². The van der Waals surface area contributed by atoms with Crippen LogP contribution in [0.5, 0.6) is 5.75 Å². The van der Waals surface area contributed by atoms with E-state index in [0.29, 0.717) is 6.61 Å². The molecule has 4 nitrogen and oxygen atoms in total. The summed E-state index contributed by atoms with van der Waals surface area (Å²) in [5.74, 6) is 6.51. The van der Waals surface area contributed by atoms with Crippen molar-refractivity contribution >= 4 is 34.2 Å². The summed E-state index contributed by atoms with van der Waals surface area (Å²) in [5.41, 5.74) is 1.15. The third-order valence-corrected chi connectivity index (χ3v) is 4.21. The molecule has 0 unspecified atom stereocenters. The lowest BCUT2D eigenvalue weighted by Gasteiger charge is -2.21. The molecular weight excluding hydrogens is 451 g/mol. The summed E-state index contributed by atoms with van der Waals surface area (Å²) in [6.07, 6.45) is 2.37. The number of hydrogen-bond donors (Lipinski definition) is 0. The minimum atomic E-state index is -0.437. The molecule has 1 heterocycles. The van der Waals surface area contributed by atoms with Gasteiger partial charge in [-0.3, -0.25) is 4.79 Å². The predicted octanol–water partition coefficient (Wildman–Crippen LogP) is 4.41. The highest BCUT2D eigenvalue weighted by Gasteiger charge is 2.19. The molecule has 0 aliphatic heterocycles. The standard InChI is InChI=1S/C19H20ClIN2O2/c1-19(2,3)23-18(24)17(20)16(12-22-23)25-13-15-9-7-14(8-10-15)6-4-5-11-21/h7-10,12H,5,11,13H2,1-3H3. The van der Waals surface area contributed by atoms with Crippen molar-refractivity contribution in [3.63, 3.8) is 0 Å². The second-order valence-electron chi connectivity index (χ2n) is 6.44. The third-order valence-electron chi connectivity index (χ3n) is 3.32. The summed E-state index contributed by atoms with van der Waals surface area (Å²) in [7, 11) is 0. The molecule has 0 bridgehead atoms. The molecule has 0 spiro atoms. The van der Waals surface area contributed by atoms with Crippen molar-refractivity contribution in [2.24, 2.45) is 0 Å². The van der Waals surface area contributed by atoms with Gasteiger partial charge in [-0.1, -0.05) is 58.2 Å². The molecule has 1 aromatic heterocycles. The van der Waals surface area contributed by atoms with Crippen molar-refractivity contribution in [1.29, 1.82) is 0 Å².